The Morgan fingerprint density at radius 1 is 1.25 bits per heavy atom. The van der Waals surface area contributed by atoms with Crippen molar-refractivity contribution in [1.82, 2.24) is 20.0 Å². The summed E-state index contributed by atoms with van der Waals surface area (Å²) in [5.41, 5.74) is 5.00. The number of aromatic nitrogens is 4. The van der Waals surface area contributed by atoms with E-state index >= 15 is 0 Å². The highest BCUT2D eigenvalue weighted by molar-refractivity contribution is 6.03. The summed E-state index contributed by atoms with van der Waals surface area (Å²) in [5.74, 6) is -0.223. The van der Waals surface area contributed by atoms with E-state index in [9.17, 15) is 4.79 Å². The zero-order valence-corrected chi connectivity index (χ0v) is 14.1. The van der Waals surface area contributed by atoms with Gasteiger partial charge in [-0.15, -0.1) is 0 Å². The first kappa shape index (κ1) is 16.0. The van der Waals surface area contributed by atoms with Gasteiger partial charge in [0.2, 0.25) is 0 Å². The summed E-state index contributed by atoms with van der Waals surface area (Å²) < 4.78 is 1.86. The Labute approximate surface area is 140 Å². The number of aryl methyl sites for hydroxylation is 3. The minimum atomic E-state index is -0.223. The van der Waals surface area contributed by atoms with Crippen molar-refractivity contribution in [3.8, 4) is 5.69 Å². The molecule has 1 aromatic carbocycles. The van der Waals surface area contributed by atoms with Crippen molar-refractivity contribution in [2.75, 3.05) is 5.32 Å². The van der Waals surface area contributed by atoms with E-state index in [1.54, 1.807) is 6.07 Å². The number of carbonyl (C=O) groups excluding carboxylic acids is 1. The third-order valence-electron chi connectivity index (χ3n) is 3.74. The molecule has 0 aliphatic heterocycles. The molecule has 0 unspecified atom stereocenters. The van der Waals surface area contributed by atoms with Gasteiger partial charge in [0.1, 0.15) is 0 Å². The van der Waals surface area contributed by atoms with Crippen LogP contribution in [0.2, 0.25) is 0 Å². The monoisotopic (exact) mass is 323 g/mol. The fraction of sp³-hybridized carbons (Fsp3) is 0.278. The van der Waals surface area contributed by atoms with Gasteiger partial charge in [0.25, 0.3) is 5.91 Å². The molecule has 3 rings (SSSR count). The first-order chi connectivity index (χ1) is 11.6. The fourth-order valence-corrected chi connectivity index (χ4v) is 2.68. The normalized spacial score (nSPS) is 10.8. The SMILES string of the molecule is CCCc1cc(C(=O)Nc2cccc(-n3nc(C)cc3C)c2)n[nH]1. The molecule has 0 atom stereocenters. The van der Waals surface area contributed by atoms with Gasteiger partial charge in [-0.3, -0.25) is 9.89 Å². The molecular weight excluding hydrogens is 302 g/mol. The van der Waals surface area contributed by atoms with E-state index in [1.807, 2.05) is 48.9 Å². The predicted molar refractivity (Wildman–Crippen MR) is 93.6 cm³/mol. The van der Waals surface area contributed by atoms with E-state index in [0.29, 0.717) is 11.4 Å². The van der Waals surface area contributed by atoms with E-state index in [0.717, 1.165) is 35.6 Å². The van der Waals surface area contributed by atoms with Gasteiger partial charge in [-0.25, -0.2) is 4.68 Å². The average molecular weight is 323 g/mol. The number of H-pyrrole nitrogens is 1. The molecule has 0 aliphatic rings. The Balaban J connectivity index is 1.79. The predicted octanol–water partition coefficient (Wildman–Crippen LogP) is 3.42. The largest absolute Gasteiger partial charge is 0.321 e. The van der Waals surface area contributed by atoms with Crippen molar-refractivity contribution in [1.29, 1.82) is 0 Å². The second-order valence-electron chi connectivity index (χ2n) is 5.87. The second-order valence-corrected chi connectivity index (χ2v) is 5.87. The van der Waals surface area contributed by atoms with Crippen LogP contribution in [0.4, 0.5) is 5.69 Å². The van der Waals surface area contributed by atoms with Gasteiger partial charge in [0, 0.05) is 17.1 Å². The van der Waals surface area contributed by atoms with Crippen molar-refractivity contribution in [3.05, 3.63) is 59.2 Å². The molecule has 0 spiro atoms. The lowest BCUT2D eigenvalue weighted by Crippen LogP contribution is -2.12. The van der Waals surface area contributed by atoms with E-state index in [1.165, 1.54) is 0 Å². The van der Waals surface area contributed by atoms with Crippen molar-refractivity contribution < 1.29 is 4.79 Å². The molecule has 2 heterocycles. The minimum Gasteiger partial charge on any atom is -0.321 e. The van der Waals surface area contributed by atoms with Gasteiger partial charge in [-0.2, -0.15) is 10.2 Å². The molecular formula is C18H21N5O. The molecule has 0 saturated carbocycles. The van der Waals surface area contributed by atoms with E-state index < -0.39 is 0 Å². The first-order valence-corrected chi connectivity index (χ1v) is 8.06. The van der Waals surface area contributed by atoms with Crippen LogP contribution in [0, 0.1) is 13.8 Å². The molecule has 124 valence electrons. The van der Waals surface area contributed by atoms with E-state index in [4.69, 9.17) is 0 Å². The first-order valence-electron chi connectivity index (χ1n) is 8.06. The Bertz CT molecular complexity index is 862. The molecule has 2 N–H and O–H groups in total. The van der Waals surface area contributed by atoms with Crippen LogP contribution in [0.15, 0.2) is 36.4 Å². The average Bonchev–Trinajstić information content (AvgIpc) is 3.14. The number of nitrogens with one attached hydrogen (secondary N) is 2. The maximum Gasteiger partial charge on any atom is 0.276 e. The number of benzene rings is 1. The molecule has 6 nitrogen and oxygen atoms in total. The minimum absolute atomic E-state index is 0.223. The number of amides is 1. The molecule has 0 bridgehead atoms. The highest BCUT2D eigenvalue weighted by Gasteiger charge is 2.11. The quantitative estimate of drug-likeness (QED) is 0.755. The maximum atomic E-state index is 12.3. The molecule has 0 radical (unpaired) electrons. The number of rotatable bonds is 5. The molecule has 6 heteroatoms. The lowest BCUT2D eigenvalue weighted by atomic mass is 10.2. The second kappa shape index (κ2) is 6.70. The smallest absolute Gasteiger partial charge is 0.276 e. The Morgan fingerprint density at radius 2 is 2.08 bits per heavy atom. The van der Waals surface area contributed by atoms with Gasteiger partial charge in [0.05, 0.1) is 11.4 Å². The van der Waals surface area contributed by atoms with Crippen molar-refractivity contribution >= 4 is 11.6 Å². The van der Waals surface area contributed by atoms with Gasteiger partial charge >= 0.3 is 0 Å². The number of hydrogen-bond donors (Lipinski definition) is 2. The van der Waals surface area contributed by atoms with Crippen LogP contribution in [0.3, 0.4) is 0 Å². The molecule has 0 aliphatic carbocycles. The zero-order chi connectivity index (χ0) is 17.1. The third-order valence-corrected chi connectivity index (χ3v) is 3.74. The summed E-state index contributed by atoms with van der Waals surface area (Å²) >= 11 is 0. The van der Waals surface area contributed by atoms with Crippen LogP contribution >= 0.6 is 0 Å². The van der Waals surface area contributed by atoms with Crippen LogP contribution in [-0.2, 0) is 6.42 Å². The summed E-state index contributed by atoms with van der Waals surface area (Å²) in [4.78, 5) is 12.3. The zero-order valence-electron chi connectivity index (χ0n) is 14.1. The van der Waals surface area contributed by atoms with E-state index in [2.05, 4.69) is 27.5 Å². The van der Waals surface area contributed by atoms with Crippen molar-refractivity contribution in [2.45, 2.75) is 33.6 Å². The van der Waals surface area contributed by atoms with Gasteiger partial charge in [-0.1, -0.05) is 19.4 Å². The molecule has 0 saturated heterocycles. The highest BCUT2D eigenvalue weighted by atomic mass is 16.1. The number of hydrogen-bond acceptors (Lipinski definition) is 3. The van der Waals surface area contributed by atoms with Crippen LogP contribution in [0.1, 0.15) is 40.9 Å². The summed E-state index contributed by atoms with van der Waals surface area (Å²) in [6.07, 6.45) is 1.89. The number of carbonyl (C=O) groups is 1. The molecule has 0 fully saturated rings. The Morgan fingerprint density at radius 3 is 2.79 bits per heavy atom. The van der Waals surface area contributed by atoms with Gasteiger partial charge < -0.3 is 5.32 Å². The fourth-order valence-electron chi connectivity index (χ4n) is 2.68. The topological polar surface area (TPSA) is 75.6 Å². The Kier molecular flexibility index (Phi) is 4.46. The molecule has 2 aromatic heterocycles. The van der Waals surface area contributed by atoms with E-state index in [-0.39, 0.29) is 5.91 Å². The number of nitrogens with zero attached hydrogens (tertiary/aromatic N) is 3. The van der Waals surface area contributed by atoms with Crippen LogP contribution in [0.25, 0.3) is 5.69 Å². The highest BCUT2D eigenvalue weighted by Crippen LogP contribution is 2.17. The standard InChI is InChI=1S/C18H21N5O/c1-4-6-15-11-17(21-20-15)18(24)19-14-7-5-8-16(10-14)23-13(3)9-12(2)22-23/h5,7-11H,4,6H2,1-3H3,(H,19,24)(H,20,21). The molecule has 3 aromatic rings. The molecule has 1 amide bonds. The van der Waals surface area contributed by atoms with Crippen LogP contribution in [-0.4, -0.2) is 25.9 Å². The third kappa shape index (κ3) is 3.37. The molecule has 24 heavy (non-hydrogen) atoms. The number of aromatic amines is 1. The summed E-state index contributed by atoms with van der Waals surface area (Å²) in [7, 11) is 0. The lowest BCUT2D eigenvalue weighted by molar-refractivity contribution is 0.102. The van der Waals surface area contributed by atoms with Gasteiger partial charge in [-0.05, 0) is 50.6 Å². The maximum absolute atomic E-state index is 12.3. The van der Waals surface area contributed by atoms with Crippen molar-refractivity contribution in [2.24, 2.45) is 0 Å². The summed E-state index contributed by atoms with van der Waals surface area (Å²) in [6, 6.07) is 11.4. The van der Waals surface area contributed by atoms with Crippen molar-refractivity contribution in [3.63, 3.8) is 0 Å². The summed E-state index contributed by atoms with van der Waals surface area (Å²) in [6.45, 7) is 6.05. The van der Waals surface area contributed by atoms with Crippen LogP contribution < -0.4 is 5.32 Å². The lowest BCUT2D eigenvalue weighted by Gasteiger charge is -2.08. The van der Waals surface area contributed by atoms with Gasteiger partial charge in [0.15, 0.2) is 5.69 Å². The Hall–Kier alpha value is -2.89. The number of anilines is 1. The summed E-state index contributed by atoms with van der Waals surface area (Å²) in [5, 5.41) is 14.3. The van der Waals surface area contributed by atoms with Crippen LogP contribution in [0.5, 0.6) is 0 Å².